The molecule has 0 aliphatic carbocycles. The summed E-state index contributed by atoms with van der Waals surface area (Å²) in [5, 5.41) is 20.3. The van der Waals surface area contributed by atoms with Crippen LogP contribution >= 0.6 is 11.3 Å². The zero-order valence-electron chi connectivity index (χ0n) is 13.1. The van der Waals surface area contributed by atoms with E-state index in [0.29, 0.717) is 21.8 Å². The lowest BCUT2D eigenvalue weighted by atomic mass is 10.4. The maximum atomic E-state index is 12.3. The van der Waals surface area contributed by atoms with Gasteiger partial charge in [0.25, 0.3) is 5.56 Å². The first-order valence-corrected chi connectivity index (χ1v) is 8.07. The van der Waals surface area contributed by atoms with Crippen LogP contribution in [0.2, 0.25) is 0 Å². The Hall–Kier alpha value is -3.54. The van der Waals surface area contributed by atoms with Crippen LogP contribution in [0.3, 0.4) is 0 Å². The van der Waals surface area contributed by atoms with Crippen LogP contribution in [0.4, 0.5) is 5.88 Å². The molecule has 4 aromatic heterocycles. The van der Waals surface area contributed by atoms with Crippen LogP contribution in [0.15, 0.2) is 32.8 Å². The van der Waals surface area contributed by atoms with Gasteiger partial charge in [0.15, 0.2) is 12.4 Å². The van der Waals surface area contributed by atoms with Crippen molar-refractivity contribution in [2.24, 2.45) is 7.05 Å². The van der Waals surface area contributed by atoms with Gasteiger partial charge >= 0.3 is 11.9 Å². The summed E-state index contributed by atoms with van der Waals surface area (Å²) in [6.07, 6.45) is 0. The molecule has 11 nitrogen and oxygen atoms in total. The molecule has 0 radical (unpaired) electrons. The first-order chi connectivity index (χ1) is 12.5. The highest BCUT2D eigenvalue weighted by atomic mass is 32.1. The molecule has 0 fully saturated rings. The van der Waals surface area contributed by atoms with E-state index in [-0.39, 0.29) is 17.9 Å². The molecule has 0 spiro atoms. The molecule has 0 aliphatic rings. The van der Waals surface area contributed by atoms with Gasteiger partial charge < -0.3 is 9.15 Å². The van der Waals surface area contributed by atoms with E-state index in [1.807, 2.05) is 0 Å². The van der Waals surface area contributed by atoms with Crippen LogP contribution in [0.25, 0.3) is 16.0 Å². The molecule has 12 heteroatoms. The van der Waals surface area contributed by atoms with Gasteiger partial charge in [0.05, 0.1) is 11.6 Å². The van der Waals surface area contributed by atoms with E-state index in [4.69, 9.17) is 9.15 Å². The Bertz CT molecular complexity index is 1230. The molecule has 0 saturated carbocycles. The molecule has 0 aliphatic heterocycles. The van der Waals surface area contributed by atoms with Gasteiger partial charge in [0.1, 0.15) is 9.62 Å². The third kappa shape index (κ3) is 2.35. The molecule has 132 valence electrons. The van der Waals surface area contributed by atoms with Gasteiger partial charge in [-0.05, 0) is 17.5 Å². The fraction of sp³-hybridized carbons (Fsp3) is 0.143. The molecular formula is C14H9N5O6S. The fourth-order valence-electron chi connectivity index (χ4n) is 2.48. The quantitative estimate of drug-likeness (QED) is 0.297. The molecular weight excluding hydrogens is 366 g/mol. The van der Waals surface area contributed by atoms with E-state index in [1.54, 1.807) is 22.9 Å². The maximum absolute atomic E-state index is 12.3. The third-order valence-corrected chi connectivity index (χ3v) is 4.59. The topological polar surface area (TPSA) is 135 Å². The van der Waals surface area contributed by atoms with Crippen LogP contribution in [-0.2, 0) is 18.4 Å². The van der Waals surface area contributed by atoms with Crippen molar-refractivity contribution in [1.82, 2.24) is 19.2 Å². The van der Waals surface area contributed by atoms with Crippen LogP contribution in [0, 0.1) is 10.1 Å². The average molecular weight is 375 g/mol. The maximum Gasteiger partial charge on any atom is 0.433 e. The number of aryl methyl sites for hydroxylation is 1. The minimum Gasteiger partial charge on any atom is -0.452 e. The minimum atomic E-state index is -0.874. The summed E-state index contributed by atoms with van der Waals surface area (Å²) in [5.74, 6) is -1.12. The summed E-state index contributed by atoms with van der Waals surface area (Å²) in [7, 11) is 1.57. The SMILES string of the molecule is Cn1c(=O)c2sccc2n2c(COC(=O)c3ccc([N+](=O)[O-])o3)nnc12. The molecule has 0 saturated heterocycles. The van der Waals surface area contributed by atoms with Gasteiger partial charge in [0.2, 0.25) is 11.5 Å². The number of hydrogen-bond donors (Lipinski definition) is 0. The number of carbonyl (C=O) groups is 1. The van der Waals surface area contributed by atoms with Gasteiger partial charge in [-0.25, -0.2) is 4.79 Å². The van der Waals surface area contributed by atoms with Gasteiger partial charge in [0, 0.05) is 7.05 Å². The monoisotopic (exact) mass is 375 g/mol. The van der Waals surface area contributed by atoms with Gasteiger partial charge in [-0.2, -0.15) is 0 Å². The summed E-state index contributed by atoms with van der Waals surface area (Å²) < 4.78 is 13.4. The van der Waals surface area contributed by atoms with Crippen molar-refractivity contribution in [2.75, 3.05) is 0 Å². The van der Waals surface area contributed by atoms with E-state index in [0.717, 1.165) is 12.1 Å². The molecule has 0 atom stereocenters. The zero-order chi connectivity index (χ0) is 18.4. The molecule has 0 bridgehead atoms. The number of furan rings is 1. The lowest BCUT2D eigenvalue weighted by Crippen LogP contribution is -2.19. The number of nitrogens with zero attached hydrogens (tertiary/aromatic N) is 5. The Labute approximate surface area is 147 Å². The molecule has 4 aromatic rings. The number of fused-ring (bicyclic) bond motifs is 3. The van der Waals surface area contributed by atoms with Crippen LogP contribution in [-0.4, -0.2) is 30.1 Å². The number of thiophene rings is 1. The molecule has 0 unspecified atom stereocenters. The largest absolute Gasteiger partial charge is 0.452 e. The number of aromatic nitrogens is 4. The number of rotatable bonds is 4. The normalized spacial score (nSPS) is 11.3. The number of nitro groups is 1. The smallest absolute Gasteiger partial charge is 0.433 e. The summed E-state index contributed by atoms with van der Waals surface area (Å²) in [5.41, 5.74) is 0.416. The Morgan fingerprint density at radius 2 is 2.19 bits per heavy atom. The lowest BCUT2D eigenvalue weighted by Gasteiger charge is -2.05. The number of hydrogen-bond acceptors (Lipinski definition) is 9. The highest BCUT2D eigenvalue weighted by molar-refractivity contribution is 7.17. The Balaban J connectivity index is 1.66. The predicted molar refractivity (Wildman–Crippen MR) is 88.1 cm³/mol. The van der Waals surface area contributed by atoms with Crippen molar-refractivity contribution in [3.63, 3.8) is 0 Å². The van der Waals surface area contributed by atoms with Crippen LogP contribution < -0.4 is 5.56 Å². The van der Waals surface area contributed by atoms with Gasteiger partial charge in [-0.15, -0.1) is 21.5 Å². The first-order valence-electron chi connectivity index (χ1n) is 7.19. The molecule has 4 rings (SSSR count). The predicted octanol–water partition coefficient (Wildman–Crippen LogP) is 1.50. The van der Waals surface area contributed by atoms with Crippen molar-refractivity contribution in [2.45, 2.75) is 6.61 Å². The second-order valence-corrected chi connectivity index (χ2v) is 6.14. The lowest BCUT2D eigenvalue weighted by molar-refractivity contribution is -0.402. The van der Waals surface area contributed by atoms with Crippen molar-refractivity contribution >= 4 is 39.2 Å². The zero-order valence-corrected chi connectivity index (χ0v) is 13.9. The van der Waals surface area contributed by atoms with Crippen LogP contribution in [0.1, 0.15) is 16.4 Å². The van der Waals surface area contributed by atoms with E-state index in [9.17, 15) is 19.7 Å². The Kier molecular flexibility index (Phi) is 3.54. The third-order valence-electron chi connectivity index (χ3n) is 3.70. The molecule has 0 amide bonds. The summed E-state index contributed by atoms with van der Waals surface area (Å²) in [6.45, 7) is -0.252. The minimum absolute atomic E-state index is 0.193. The van der Waals surface area contributed by atoms with E-state index in [2.05, 4.69) is 10.2 Å². The second kappa shape index (κ2) is 5.77. The van der Waals surface area contributed by atoms with E-state index < -0.39 is 16.8 Å². The molecule has 4 heterocycles. The second-order valence-electron chi connectivity index (χ2n) is 5.22. The Morgan fingerprint density at radius 1 is 1.38 bits per heavy atom. The highest BCUT2D eigenvalue weighted by Crippen LogP contribution is 2.20. The number of esters is 1. The number of ether oxygens (including phenoxy) is 1. The number of carbonyl (C=O) groups excluding carboxylic acids is 1. The van der Waals surface area contributed by atoms with E-state index in [1.165, 1.54) is 15.9 Å². The van der Waals surface area contributed by atoms with Crippen LogP contribution in [0.5, 0.6) is 0 Å². The van der Waals surface area contributed by atoms with Crippen molar-refractivity contribution < 1.29 is 18.9 Å². The van der Waals surface area contributed by atoms with Crippen molar-refractivity contribution in [1.29, 1.82) is 0 Å². The van der Waals surface area contributed by atoms with Gasteiger partial charge in [-0.3, -0.25) is 23.9 Å². The highest BCUT2D eigenvalue weighted by Gasteiger charge is 2.20. The fourth-order valence-corrected chi connectivity index (χ4v) is 3.33. The van der Waals surface area contributed by atoms with Crippen molar-refractivity contribution in [3.05, 3.63) is 55.6 Å². The van der Waals surface area contributed by atoms with E-state index >= 15 is 0 Å². The summed E-state index contributed by atoms with van der Waals surface area (Å²) in [4.78, 5) is 34.1. The summed E-state index contributed by atoms with van der Waals surface area (Å²) >= 11 is 1.29. The standard InChI is InChI=1S/C14H9N5O6S/c1-17-12(20)11-7(4-5-26-11)18-9(15-16-14(17)18)6-24-13(21)8-2-3-10(25-8)19(22)23/h2-5H,6H2,1H3. The molecule has 0 aromatic carbocycles. The van der Waals surface area contributed by atoms with Gasteiger partial charge in [-0.1, -0.05) is 0 Å². The molecule has 0 N–H and O–H groups in total. The van der Waals surface area contributed by atoms with Crippen molar-refractivity contribution in [3.8, 4) is 0 Å². The Morgan fingerprint density at radius 3 is 2.92 bits per heavy atom. The summed E-state index contributed by atoms with van der Waals surface area (Å²) in [6, 6.07) is 3.97. The average Bonchev–Trinajstić information content (AvgIpc) is 3.35. The first kappa shape index (κ1) is 16.0. The molecule has 26 heavy (non-hydrogen) atoms.